The number of rotatable bonds is 0. The highest BCUT2D eigenvalue weighted by atomic mass is 15.2. The zero-order chi connectivity index (χ0) is 7.72. The molecule has 0 saturated heterocycles. The molecule has 2 nitrogen and oxygen atoms in total. The number of terminal acetylenes is 1. The molecule has 0 aliphatic rings. The van der Waals surface area contributed by atoms with Crippen LogP contribution in [0.25, 0.3) is 0 Å². The first-order valence-electron chi connectivity index (χ1n) is 3.13. The van der Waals surface area contributed by atoms with Crippen molar-refractivity contribution in [3.05, 3.63) is 17.9 Å². The summed E-state index contributed by atoms with van der Waals surface area (Å²) in [6, 6.07) is 0. The van der Waals surface area contributed by atoms with Gasteiger partial charge in [-0.25, -0.2) is 0 Å². The minimum absolute atomic E-state index is 0.00463. The van der Waals surface area contributed by atoms with Crippen molar-refractivity contribution in [2.45, 2.75) is 0 Å². The Balaban J connectivity index is 3.37. The third-order valence-corrected chi connectivity index (χ3v) is 0.730. The molecule has 0 aliphatic carbocycles. The van der Waals surface area contributed by atoms with Crippen LogP contribution < -0.4 is 0 Å². The summed E-state index contributed by atoms with van der Waals surface area (Å²) < 4.78 is 15.7. The topological polar surface area (TPSA) is 17.8 Å². The maximum absolute atomic E-state index is 7.25. The molecule has 0 aliphatic heterocycles. The number of hydrogen-bond donors (Lipinski definition) is 0. The molecule has 0 N–H and O–H groups in total. The van der Waals surface area contributed by atoms with Crippen molar-refractivity contribution < 1.29 is 2.74 Å². The van der Waals surface area contributed by atoms with Gasteiger partial charge in [0.1, 0.15) is 0 Å². The maximum atomic E-state index is 7.25. The molecule has 1 aromatic heterocycles. The Morgan fingerprint density at radius 3 is 3.12 bits per heavy atom. The summed E-state index contributed by atoms with van der Waals surface area (Å²) in [5.74, 6) is 2.23. The van der Waals surface area contributed by atoms with Crippen LogP contribution >= 0.6 is 0 Å². The lowest BCUT2D eigenvalue weighted by molar-refractivity contribution is 0.767. The Morgan fingerprint density at radius 2 is 2.88 bits per heavy atom. The number of nitrogens with zero attached hydrogens (tertiary/aromatic N) is 2. The Labute approximate surface area is 50.9 Å². The first-order chi connectivity index (χ1) is 4.66. The molecule has 1 heterocycles. The van der Waals surface area contributed by atoms with Crippen LogP contribution in [0.2, 0.25) is 0 Å². The third kappa shape index (κ3) is 0.710. The van der Waals surface area contributed by atoms with Gasteiger partial charge in [-0.2, -0.15) is 5.10 Å². The highest BCUT2D eigenvalue weighted by Crippen LogP contribution is 1.89. The predicted octanol–water partition coefficient (Wildman–Crippen LogP) is 0.401. The molecule has 0 bridgehead atoms. The van der Waals surface area contributed by atoms with Crippen LogP contribution in [-0.2, 0) is 7.05 Å². The van der Waals surface area contributed by atoms with Crippen LogP contribution in [0.15, 0.2) is 12.3 Å². The van der Waals surface area contributed by atoms with E-state index in [0.29, 0.717) is 0 Å². The minimum atomic E-state index is -0.00463. The second-order valence-electron chi connectivity index (χ2n) is 1.37. The molecule has 0 radical (unpaired) electrons. The van der Waals surface area contributed by atoms with Gasteiger partial charge in [0.25, 0.3) is 0 Å². The summed E-state index contributed by atoms with van der Waals surface area (Å²) in [6.07, 6.45) is 5.13. The van der Waals surface area contributed by atoms with Gasteiger partial charge in [-0.15, -0.1) is 6.42 Å². The van der Waals surface area contributed by atoms with Gasteiger partial charge < -0.3 is 0 Å². The Hall–Kier alpha value is -1.23. The highest BCUT2D eigenvalue weighted by molar-refractivity contribution is 5.25. The Bertz CT molecular complexity index is 295. The number of hydrogen-bond acceptors (Lipinski definition) is 1. The van der Waals surface area contributed by atoms with Gasteiger partial charge in [0, 0.05) is 13.2 Å². The Morgan fingerprint density at radius 1 is 2.12 bits per heavy atom. The molecule has 0 atom stereocenters. The summed E-state index contributed by atoms with van der Waals surface area (Å²) in [5.41, 5.74) is 0.252. The van der Waals surface area contributed by atoms with Crippen LogP contribution in [0.5, 0.6) is 0 Å². The number of aromatic nitrogens is 2. The van der Waals surface area contributed by atoms with E-state index in [9.17, 15) is 0 Å². The molecule has 40 valence electrons. The fourth-order valence-electron chi connectivity index (χ4n) is 0.401. The molecule has 0 saturated carbocycles. The summed E-state index contributed by atoms with van der Waals surface area (Å²) in [7, 11) is 1.58. The molecule has 0 fully saturated rings. The van der Waals surface area contributed by atoms with Crippen LogP contribution in [0.1, 0.15) is 8.30 Å². The predicted molar refractivity (Wildman–Crippen MR) is 31.1 cm³/mol. The standard InChI is InChI=1S/C6H6N2/c1-3-6-4-7-8(2)5-6/h1,4-5H,2H3/i4D,5D. The first-order valence-corrected chi connectivity index (χ1v) is 2.13. The van der Waals surface area contributed by atoms with Crippen molar-refractivity contribution in [2.24, 2.45) is 7.05 Å². The second kappa shape index (κ2) is 1.71. The molecule has 0 spiro atoms. The molecule has 0 unspecified atom stereocenters. The summed E-state index contributed by atoms with van der Waals surface area (Å²) in [4.78, 5) is 0. The zero-order valence-corrected chi connectivity index (χ0v) is 4.47. The van der Waals surface area contributed by atoms with Crippen molar-refractivity contribution in [1.82, 2.24) is 9.78 Å². The average molecular weight is 108 g/mol. The largest absolute Gasteiger partial charge is 0.275 e. The fraction of sp³-hybridized carbons (Fsp3) is 0.167. The molecular formula is C6H6N2. The van der Waals surface area contributed by atoms with E-state index >= 15 is 0 Å². The van der Waals surface area contributed by atoms with Gasteiger partial charge in [0.05, 0.1) is 14.5 Å². The number of aryl methyl sites for hydroxylation is 1. The average Bonchev–Trinajstić information content (AvgIpc) is 2.09. The first kappa shape index (κ1) is 2.93. The van der Waals surface area contributed by atoms with Crippen LogP contribution in [0.4, 0.5) is 0 Å². The second-order valence-corrected chi connectivity index (χ2v) is 1.37. The molecule has 2 heteroatoms. The lowest BCUT2D eigenvalue weighted by Crippen LogP contribution is -1.83. The smallest absolute Gasteiger partial charge is 0.0873 e. The van der Waals surface area contributed by atoms with Gasteiger partial charge in [-0.3, -0.25) is 4.68 Å². The quantitative estimate of drug-likeness (QED) is 0.440. The van der Waals surface area contributed by atoms with Gasteiger partial charge in [0.15, 0.2) is 0 Å². The Kier molecular flexibility index (Phi) is 0.625. The summed E-state index contributed by atoms with van der Waals surface area (Å²) in [6.45, 7) is 0. The molecule has 0 amide bonds. The van der Waals surface area contributed by atoms with Gasteiger partial charge in [-0.1, -0.05) is 5.92 Å². The van der Waals surface area contributed by atoms with Crippen molar-refractivity contribution in [3.63, 3.8) is 0 Å². The van der Waals surface area contributed by atoms with E-state index in [4.69, 9.17) is 9.16 Å². The third-order valence-electron chi connectivity index (χ3n) is 0.730. The van der Waals surface area contributed by atoms with Crippen molar-refractivity contribution in [1.29, 1.82) is 0 Å². The highest BCUT2D eigenvalue weighted by Gasteiger charge is 1.85. The summed E-state index contributed by atoms with van der Waals surface area (Å²) >= 11 is 0. The van der Waals surface area contributed by atoms with Crippen molar-refractivity contribution in [3.8, 4) is 12.3 Å². The van der Waals surface area contributed by atoms with Gasteiger partial charge in [0.2, 0.25) is 0 Å². The lowest BCUT2D eigenvalue weighted by Gasteiger charge is -1.78. The molecule has 1 aromatic rings. The van der Waals surface area contributed by atoms with E-state index in [-0.39, 0.29) is 17.9 Å². The van der Waals surface area contributed by atoms with E-state index in [0.717, 1.165) is 0 Å². The maximum Gasteiger partial charge on any atom is 0.0873 e. The van der Waals surface area contributed by atoms with E-state index in [1.54, 1.807) is 7.05 Å². The normalized spacial score (nSPS) is 12.0. The van der Waals surface area contributed by atoms with Gasteiger partial charge >= 0.3 is 0 Å². The monoisotopic (exact) mass is 108 g/mol. The van der Waals surface area contributed by atoms with Crippen molar-refractivity contribution >= 4 is 0 Å². The van der Waals surface area contributed by atoms with Crippen LogP contribution in [0, 0.1) is 12.3 Å². The SMILES string of the molecule is [2H]c1nn(C)c([2H])c1C#C. The minimum Gasteiger partial charge on any atom is -0.275 e. The van der Waals surface area contributed by atoms with E-state index < -0.39 is 0 Å². The van der Waals surface area contributed by atoms with E-state index in [2.05, 4.69) is 11.0 Å². The molecule has 0 aromatic carbocycles. The van der Waals surface area contributed by atoms with E-state index in [1.807, 2.05) is 0 Å². The lowest BCUT2D eigenvalue weighted by atomic mass is 10.4. The van der Waals surface area contributed by atoms with Gasteiger partial charge in [-0.05, 0) is 0 Å². The summed E-state index contributed by atoms with van der Waals surface area (Å²) in [5, 5.41) is 3.63. The molecule has 8 heavy (non-hydrogen) atoms. The van der Waals surface area contributed by atoms with Crippen LogP contribution in [0.3, 0.4) is 0 Å². The van der Waals surface area contributed by atoms with Crippen LogP contribution in [-0.4, -0.2) is 9.78 Å². The molecular weight excluding hydrogens is 100 g/mol. The fourth-order valence-corrected chi connectivity index (χ4v) is 0.401. The zero-order valence-electron chi connectivity index (χ0n) is 6.47. The van der Waals surface area contributed by atoms with Crippen molar-refractivity contribution in [2.75, 3.05) is 0 Å². The molecule has 1 rings (SSSR count). The van der Waals surface area contributed by atoms with E-state index in [1.165, 1.54) is 4.68 Å².